The molecule has 0 saturated carbocycles. The van der Waals surface area contributed by atoms with E-state index in [-0.39, 0.29) is 36.0 Å². The van der Waals surface area contributed by atoms with Crippen molar-refractivity contribution in [3.63, 3.8) is 0 Å². The first-order chi connectivity index (χ1) is 14.3. The largest absolute Gasteiger partial charge is 0.365 e. The number of rotatable bonds is 4. The minimum absolute atomic E-state index is 0.0357. The second-order valence-electron chi connectivity index (χ2n) is 8.05. The van der Waals surface area contributed by atoms with Crippen LogP contribution in [0.3, 0.4) is 0 Å². The molecule has 0 spiro atoms. The zero-order valence-corrected chi connectivity index (χ0v) is 17.9. The number of fused-ring (bicyclic) bond motifs is 1. The first-order valence-corrected chi connectivity index (χ1v) is 10.3. The Labute approximate surface area is 175 Å². The number of aromatic nitrogens is 3. The fourth-order valence-electron chi connectivity index (χ4n) is 4.23. The molecule has 3 heterocycles. The lowest BCUT2D eigenvalue weighted by atomic mass is 10.1. The molecule has 1 aliphatic heterocycles. The Kier molecular flexibility index (Phi) is 5.32. The SMILES string of the molecule is Cc1cccc(N2CCN(C(=O)CCn3nc(C)c4c(C)onc4c3=O)C[C@@H]2C)c1. The molecular formula is C22H27N5O3. The lowest BCUT2D eigenvalue weighted by molar-refractivity contribution is -0.132. The molecule has 0 N–H and O–H groups in total. The summed E-state index contributed by atoms with van der Waals surface area (Å²) in [6.45, 7) is 10.1. The predicted octanol–water partition coefficient (Wildman–Crippen LogP) is 2.44. The second-order valence-corrected chi connectivity index (χ2v) is 8.05. The van der Waals surface area contributed by atoms with Crippen LogP contribution < -0.4 is 10.5 Å². The average molecular weight is 409 g/mol. The van der Waals surface area contributed by atoms with Gasteiger partial charge < -0.3 is 14.3 Å². The Morgan fingerprint density at radius 1 is 1.23 bits per heavy atom. The smallest absolute Gasteiger partial charge is 0.296 e. The molecule has 8 heteroatoms. The van der Waals surface area contributed by atoms with Crippen LogP contribution in [0.15, 0.2) is 33.6 Å². The summed E-state index contributed by atoms with van der Waals surface area (Å²) in [6, 6.07) is 8.67. The van der Waals surface area contributed by atoms with E-state index in [0.29, 0.717) is 29.9 Å². The third-order valence-electron chi connectivity index (χ3n) is 5.78. The first-order valence-electron chi connectivity index (χ1n) is 10.3. The van der Waals surface area contributed by atoms with E-state index in [2.05, 4.69) is 53.3 Å². The topological polar surface area (TPSA) is 84.5 Å². The fraction of sp³-hybridized carbons (Fsp3) is 0.455. The molecule has 0 radical (unpaired) electrons. The van der Waals surface area contributed by atoms with Gasteiger partial charge in [-0.15, -0.1) is 0 Å². The Morgan fingerprint density at radius 2 is 2.03 bits per heavy atom. The van der Waals surface area contributed by atoms with Crippen LogP contribution in [0.5, 0.6) is 0 Å². The summed E-state index contributed by atoms with van der Waals surface area (Å²) >= 11 is 0. The van der Waals surface area contributed by atoms with E-state index in [4.69, 9.17) is 4.52 Å². The molecule has 1 saturated heterocycles. The molecule has 1 amide bonds. The lowest BCUT2D eigenvalue weighted by Crippen LogP contribution is -2.54. The van der Waals surface area contributed by atoms with Gasteiger partial charge in [-0.3, -0.25) is 9.59 Å². The van der Waals surface area contributed by atoms with Crippen molar-refractivity contribution in [1.82, 2.24) is 19.8 Å². The van der Waals surface area contributed by atoms with Gasteiger partial charge in [0.25, 0.3) is 5.56 Å². The molecular weight excluding hydrogens is 382 g/mol. The summed E-state index contributed by atoms with van der Waals surface area (Å²) in [7, 11) is 0. The van der Waals surface area contributed by atoms with Crippen molar-refractivity contribution < 1.29 is 9.32 Å². The number of nitrogens with zero attached hydrogens (tertiary/aromatic N) is 5. The van der Waals surface area contributed by atoms with E-state index < -0.39 is 0 Å². The number of hydrogen-bond donors (Lipinski definition) is 0. The van der Waals surface area contributed by atoms with Crippen molar-refractivity contribution in [3.05, 3.63) is 51.6 Å². The summed E-state index contributed by atoms with van der Waals surface area (Å²) in [5.74, 6) is 0.615. The van der Waals surface area contributed by atoms with E-state index in [9.17, 15) is 9.59 Å². The van der Waals surface area contributed by atoms with Gasteiger partial charge in [-0.1, -0.05) is 17.3 Å². The van der Waals surface area contributed by atoms with Crippen LogP contribution in [0.25, 0.3) is 10.9 Å². The van der Waals surface area contributed by atoms with Gasteiger partial charge in [-0.25, -0.2) is 4.68 Å². The maximum Gasteiger partial charge on any atom is 0.296 e. The summed E-state index contributed by atoms with van der Waals surface area (Å²) < 4.78 is 6.46. The van der Waals surface area contributed by atoms with Crippen LogP contribution in [0, 0.1) is 20.8 Å². The van der Waals surface area contributed by atoms with Gasteiger partial charge in [0.05, 0.1) is 17.6 Å². The van der Waals surface area contributed by atoms with E-state index in [1.807, 2.05) is 11.8 Å². The quantitative estimate of drug-likeness (QED) is 0.658. The van der Waals surface area contributed by atoms with E-state index in [1.54, 1.807) is 6.92 Å². The number of aryl methyl sites for hydroxylation is 4. The number of hydrogen-bond acceptors (Lipinski definition) is 6. The number of carbonyl (C=O) groups is 1. The normalized spacial score (nSPS) is 17.0. The van der Waals surface area contributed by atoms with Crippen molar-refractivity contribution in [2.75, 3.05) is 24.5 Å². The molecule has 30 heavy (non-hydrogen) atoms. The van der Waals surface area contributed by atoms with Crippen molar-refractivity contribution in [1.29, 1.82) is 0 Å². The maximum atomic E-state index is 12.8. The van der Waals surface area contributed by atoms with Gasteiger partial charge in [0, 0.05) is 37.8 Å². The summed E-state index contributed by atoms with van der Waals surface area (Å²) in [5, 5.41) is 8.87. The molecule has 1 atom stereocenters. The molecule has 3 aromatic rings. The van der Waals surface area contributed by atoms with Gasteiger partial charge in [0.2, 0.25) is 5.91 Å². The minimum atomic E-state index is -0.321. The van der Waals surface area contributed by atoms with Crippen LogP contribution in [0.4, 0.5) is 5.69 Å². The molecule has 1 fully saturated rings. The molecule has 8 nitrogen and oxygen atoms in total. The third-order valence-corrected chi connectivity index (χ3v) is 5.78. The maximum absolute atomic E-state index is 12.8. The number of benzene rings is 1. The monoisotopic (exact) mass is 409 g/mol. The Morgan fingerprint density at radius 3 is 2.77 bits per heavy atom. The number of amides is 1. The fourth-order valence-corrected chi connectivity index (χ4v) is 4.23. The standard InChI is InChI=1S/C22H27N5O3/c1-14-6-5-7-18(12-14)26-11-10-25(13-15(26)2)19(28)8-9-27-22(29)21-20(16(3)23-27)17(4)30-24-21/h5-7,12,15H,8-11,13H2,1-4H3/t15-/m0/s1. The zero-order chi connectivity index (χ0) is 21.4. The van der Waals surface area contributed by atoms with Crippen LogP contribution >= 0.6 is 0 Å². The predicted molar refractivity (Wildman–Crippen MR) is 115 cm³/mol. The van der Waals surface area contributed by atoms with Crippen molar-refractivity contribution >= 4 is 22.5 Å². The second kappa shape index (κ2) is 7.93. The highest BCUT2D eigenvalue weighted by Crippen LogP contribution is 2.22. The van der Waals surface area contributed by atoms with Gasteiger partial charge in [-0.2, -0.15) is 5.10 Å². The number of carbonyl (C=O) groups excluding carboxylic acids is 1. The highest BCUT2D eigenvalue weighted by atomic mass is 16.5. The van der Waals surface area contributed by atoms with Crippen LogP contribution in [-0.4, -0.2) is 51.4 Å². The Balaban J connectivity index is 1.41. The van der Waals surface area contributed by atoms with Crippen molar-refractivity contribution in [2.45, 2.75) is 46.7 Å². The highest BCUT2D eigenvalue weighted by molar-refractivity contribution is 5.81. The van der Waals surface area contributed by atoms with Crippen molar-refractivity contribution in [3.8, 4) is 0 Å². The molecule has 1 aromatic carbocycles. The summed E-state index contributed by atoms with van der Waals surface area (Å²) in [4.78, 5) is 29.6. The molecule has 0 aliphatic carbocycles. The Hall–Kier alpha value is -3.16. The molecule has 158 valence electrons. The van der Waals surface area contributed by atoms with Crippen molar-refractivity contribution in [2.24, 2.45) is 0 Å². The molecule has 0 unspecified atom stereocenters. The average Bonchev–Trinajstić information content (AvgIpc) is 3.11. The van der Waals surface area contributed by atoms with E-state index in [1.165, 1.54) is 15.9 Å². The highest BCUT2D eigenvalue weighted by Gasteiger charge is 2.27. The van der Waals surface area contributed by atoms with Gasteiger partial charge in [0.1, 0.15) is 5.76 Å². The molecule has 1 aliphatic rings. The lowest BCUT2D eigenvalue weighted by Gasteiger charge is -2.41. The number of anilines is 1. The van der Waals surface area contributed by atoms with Gasteiger partial charge in [-0.05, 0) is 45.4 Å². The number of piperazine rings is 1. The zero-order valence-electron chi connectivity index (χ0n) is 17.9. The van der Waals surface area contributed by atoms with E-state index in [0.717, 1.165) is 6.54 Å². The molecule has 4 rings (SSSR count). The van der Waals surface area contributed by atoms with E-state index >= 15 is 0 Å². The summed E-state index contributed by atoms with van der Waals surface area (Å²) in [6.07, 6.45) is 0.228. The van der Waals surface area contributed by atoms with Crippen LogP contribution in [-0.2, 0) is 11.3 Å². The summed E-state index contributed by atoms with van der Waals surface area (Å²) in [5.41, 5.74) is 3.05. The Bertz CT molecular complexity index is 1150. The molecule has 2 aromatic heterocycles. The van der Waals surface area contributed by atoms with Gasteiger partial charge >= 0.3 is 0 Å². The van der Waals surface area contributed by atoms with Crippen LogP contribution in [0.2, 0.25) is 0 Å². The molecule has 0 bridgehead atoms. The minimum Gasteiger partial charge on any atom is -0.365 e. The first kappa shape index (κ1) is 20.1. The van der Waals surface area contributed by atoms with Gasteiger partial charge in [0.15, 0.2) is 5.52 Å². The van der Waals surface area contributed by atoms with Crippen LogP contribution in [0.1, 0.15) is 30.4 Å². The third kappa shape index (κ3) is 3.69.